The molecular formula is C20H35ClN8O6. The lowest BCUT2D eigenvalue weighted by Gasteiger charge is -2.15. The first-order valence-electron chi connectivity index (χ1n) is 10.9. The molecule has 1 aromatic rings. The second kappa shape index (κ2) is 18.0. The molecule has 8 N–H and O–H groups in total. The van der Waals surface area contributed by atoms with Crippen LogP contribution in [0.1, 0.15) is 50.0 Å². The number of aliphatic imine (C=N–C) groups is 1. The van der Waals surface area contributed by atoms with E-state index in [4.69, 9.17) is 33.5 Å². The zero-order chi connectivity index (χ0) is 26.8. The minimum absolute atomic E-state index is 0.0313. The highest BCUT2D eigenvalue weighted by Gasteiger charge is 2.22. The van der Waals surface area contributed by atoms with Crippen molar-refractivity contribution in [1.29, 1.82) is 0 Å². The normalized spacial score (nSPS) is 11.5. The Morgan fingerprint density at radius 2 is 1.69 bits per heavy atom. The second-order valence-corrected chi connectivity index (χ2v) is 6.91. The number of ether oxygens (including phenoxy) is 3. The Morgan fingerprint density at radius 3 is 2.31 bits per heavy atom. The van der Waals surface area contributed by atoms with Crippen molar-refractivity contribution in [3.05, 3.63) is 10.8 Å². The summed E-state index contributed by atoms with van der Waals surface area (Å²) in [6.07, 6.45) is 2.38. The molecule has 0 aliphatic rings. The lowest BCUT2D eigenvalue weighted by atomic mass is 10.2. The van der Waals surface area contributed by atoms with Gasteiger partial charge < -0.3 is 36.7 Å². The molecule has 35 heavy (non-hydrogen) atoms. The second-order valence-electron chi connectivity index (χ2n) is 6.56. The smallest absolute Gasteiger partial charge is 0.407 e. The molecular weight excluding hydrogens is 484 g/mol. The Balaban J connectivity index is 0.00000562. The summed E-state index contributed by atoms with van der Waals surface area (Å²) < 4.78 is 14.5. The summed E-state index contributed by atoms with van der Waals surface area (Å²) in [5.41, 5.74) is 16.6. The third-order valence-electron chi connectivity index (χ3n) is 4.09. The Bertz CT molecular complexity index is 855. The van der Waals surface area contributed by atoms with Crippen molar-refractivity contribution in [1.82, 2.24) is 20.6 Å². The van der Waals surface area contributed by atoms with Crippen LogP contribution in [0, 0.1) is 0 Å². The van der Waals surface area contributed by atoms with Gasteiger partial charge in [0, 0.05) is 13.2 Å². The molecule has 0 saturated heterocycles. The molecule has 0 aliphatic heterocycles. The number of nitrogens with two attached hydrogens (primary N) is 3. The number of guanidine groups is 1. The van der Waals surface area contributed by atoms with E-state index in [-0.39, 0.29) is 35.0 Å². The predicted octanol–water partition coefficient (Wildman–Crippen LogP) is 0.840. The first-order chi connectivity index (χ1) is 16.7. The number of hydrogen-bond donors (Lipinski definition) is 5. The van der Waals surface area contributed by atoms with Gasteiger partial charge in [0.1, 0.15) is 0 Å². The largest absolute Gasteiger partial charge is 0.467 e. The average Bonchev–Trinajstić information content (AvgIpc) is 2.84. The summed E-state index contributed by atoms with van der Waals surface area (Å²) in [5.74, 6) is -1.68. The number of nitrogen functional groups attached to an aromatic ring is 2. The Hall–Kier alpha value is -3.39. The molecule has 0 bridgehead atoms. The number of anilines is 2. The number of halogens is 1. The summed E-state index contributed by atoms with van der Waals surface area (Å²) in [5, 5.41) is 4.55. The fourth-order valence-corrected chi connectivity index (χ4v) is 2.53. The minimum atomic E-state index is -0.944. The van der Waals surface area contributed by atoms with Crippen LogP contribution in [0.5, 0.6) is 0 Å². The number of hydrogen-bond acceptors (Lipinski definition) is 11. The van der Waals surface area contributed by atoms with Crippen molar-refractivity contribution >= 4 is 47.2 Å². The van der Waals surface area contributed by atoms with Gasteiger partial charge in [-0.05, 0) is 12.8 Å². The van der Waals surface area contributed by atoms with Crippen LogP contribution < -0.4 is 27.8 Å². The quantitative estimate of drug-likeness (QED) is 0.113. The number of methoxy groups -OCH3 is 2. The number of aromatic nitrogens is 2. The van der Waals surface area contributed by atoms with E-state index in [2.05, 4.69) is 35.1 Å². The van der Waals surface area contributed by atoms with Gasteiger partial charge in [-0.15, -0.1) is 0 Å². The van der Waals surface area contributed by atoms with Crippen molar-refractivity contribution in [2.75, 3.05) is 45.4 Å². The molecule has 2 amide bonds. The maximum absolute atomic E-state index is 12.1. The molecule has 15 heteroatoms. The number of unbranched alkanes of at least 4 members (excludes halogenated alkanes) is 3. The van der Waals surface area contributed by atoms with E-state index in [0.29, 0.717) is 13.2 Å². The third-order valence-corrected chi connectivity index (χ3v) is 4.37. The van der Waals surface area contributed by atoms with Gasteiger partial charge in [-0.1, -0.05) is 38.3 Å². The van der Waals surface area contributed by atoms with Gasteiger partial charge >= 0.3 is 12.1 Å². The van der Waals surface area contributed by atoms with Gasteiger partial charge in [-0.3, -0.25) is 15.1 Å². The van der Waals surface area contributed by atoms with Crippen LogP contribution in [0.4, 0.5) is 16.4 Å². The van der Waals surface area contributed by atoms with E-state index in [0.717, 1.165) is 25.7 Å². The lowest BCUT2D eigenvalue weighted by Crippen LogP contribution is -2.44. The van der Waals surface area contributed by atoms with Gasteiger partial charge in [-0.25, -0.2) is 19.6 Å². The number of carbonyl (C=O) groups excluding carboxylic acids is 3. The Labute approximate surface area is 209 Å². The van der Waals surface area contributed by atoms with Crippen molar-refractivity contribution in [2.24, 2.45) is 10.7 Å². The predicted molar refractivity (Wildman–Crippen MR) is 132 cm³/mol. The highest BCUT2D eigenvalue weighted by molar-refractivity contribution is 6.31. The van der Waals surface area contributed by atoms with E-state index in [1.807, 2.05) is 13.8 Å². The molecule has 1 aromatic heterocycles. The van der Waals surface area contributed by atoms with Gasteiger partial charge in [0.2, 0.25) is 0 Å². The van der Waals surface area contributed by atoms with Crippen LogP contribution in [0.3, 0.4) is 0 Å². The van der Waals surface area contributed by atoms with E-state index in [9.17, 15) is 14.4 Å². The molecule has 0 aliphatic carbocycles. The van der Waals surface area contributed by atoms with E-state index in [1.165, 1.54) is 14.2 Å². The van der Waals surface area contributed by atoms with Crippen LogP contribution in [0.25, 0.3) is 0 Å². The van der Waals surface area contributed by atoms with E-state index >= 15 is 0 Å². The van der Waals surface area contributed by atoms with Crippen LogP contribution in [-0.2, 0) is 19.0 Å². The monoisotopic (exact) mass is 518 g/mol. The molecule has 198 valence electrons. The van der Waals surface area contributed by atoms with Crippen molar-refractivity contribution in [2.45, 2.75) is 45.6 Å². The van der Waals surface area contributed by atoms with Crippen LogP contribution >= 0.6 is 11.6 Å². The van der Waals surface area contributed by atoms with Gasteiger partial charge in [0.15, 0.2) is 34.5 Å². The maximum Gasteiger partial charge on any atom is 0.407 e. The van der Waals surface area contributed by atoms with Crippen LogP contribution in [0.15, 0.2) is 4.99 Å². The zero-order valence-corrected chi connectivity index (χ0v) is 21.2. The summed E-state index contributed by atoms with van der Waals surface area (Å²) >= 11 is 5.75. The number of carbonyl (C=O) groups is 3. The minimum Gasteiger partial charge on any atom is -0.467 e. The number of esters is 1. The molecule has 1 atom stereocenters. The van der Waals surface area contributed by atoms with Gasteiger partial charge in [0.25, 0.3) is 5.91 Å². The molecule has 0 saturated carbocycles. The van der Waals surface area contributed by atoms with E-state index < -0.39 is 24.0 Å². The Morgan fingerprint density at radius 1 is 1.03 bits per heavy atom. The summed E-state index contributed by atoms with van der Waals surface area (Å²) in [6.45, 7) is 4.75. The molecule has 0 spiro atoms. The Kier molecular flexibility index (Phi) is 16.3. The highest BCUT2D eigenvalue weighted by Crippen LogP contribution is 2.17. The van der Waals surface area contributed by atoms with Gasteiger partial charge in [-0.2, -0.15) is 0 Å². The van der Waals surface area contributed by atoms with Crippen molar-refractivity contribution < 1.29 is 28.6 Å². The van der Waals surface area contributed by atoms with Crippen molar-refractivity contribution in [3.8, 4) is 0 Å². The molecule has 0 fully saturated rings. The number of amides is 2. The molecule has 0 unspecified atom stereocenters. The fraction of sp³-hybridized carbons (Fsp3) is 0.600. The summed E-state index contributed by atoms with van der Waals surface area (Å²) in [4.78, 5) is 46.5. The third kappa shape index (κ3) is 12.6. The van der Waals surface area contributed by atoms with Crippen LogP contribution in [-0.4, -0.2) is 73.9 Å². The van der Waals surface area contributed by atoms with Crippen LogP contribution in [0.2, 0.25) is 5.15 Å². The summed E-state index contributed by atoms with van der Waals surface area (Å²) in [7, 11) is 2.41. The summed E-state index contributed by atoms with van der Waals surface area (Å²) in [6, 6.07) is -0.944. The van der Waals surface area contributed by atoms with E-state index in [1.54, 1.807) is 0 Å². The van der Waals surface area contributed by atoms with Gasteiger partial charge in [0.05, 0.1) is 20.8 Å². The molecule has 1 heterocycles. The number of nitrogens with one attached hydrogen (secondary N) is 2. The zero-order valence-electron chi connectivity index (χ0n) is 20.4. The SMILES string of the molecule is CC.COC(=O)N[C@@H](COCCCCCCN=C(N)NC(=O)c1nc(Cl)c(N)nc1N)C(=O)OC. The molecule has 1 rings (SSSR count). The standard InChI is InChI=1S/C18H29ClN8O6.C2H6/c1-31-16(29)10(24-18(30)32-2)9-33-8-6-4-3-5-7-23-17(22)27-15(28)11-13(20)26-14(21)12(19)25-11;1-2/h10H,3-9H2,1-2H3,(H,24,30)(H4,20,21,26)(H3,22,23,27,28);1-2H3/t10-;/m0./s1. The lowest BCUT2D eigenvalue weighted by molar-refractivity contribution is -0.144. The first kappa shape index (κ1) is 31.6. The average molecular weight is 519 g/mol. The number of alkyl carbamates (subject to hydrolysis) is 1. The maximum atomic E-state index is 12.1. The number of nitrogens with zero attached hydrogens (tertiary/aromatic N) is 3. The molecule has 14 nitrogen and oxygen atoms in total. The molecule has 0 radical (unpaired) electrons. The fourth-order valence-electron chi connectivity index (χ4n) is 2.41. The highest BCUT2D eigenvalue weighted by atomic mass is 35.5. The number of rotatable bonds is 12. The topological polar surface area (TPSA) is 219 Å². The first-order valence-corrected chi connectivity index (χ1v) is 11.3. The molecule has 0 aromatic carbocycles. The van der Waals surface area contributed by atoms with Crippen molar-refractivity contribution in [3.63, 3.8) is 0 Å².